The summed E-state index contributed by atoms with van der Waals surface area (Å²) in [5.74, 6) is 0.735. The molecular weight excluding hydrogens is 564 g/mol. The lowest BCUT2D eigenvalue weighted by atomic mass is 9.99. The third-order valence-electron chi connectivity index (χ3n) is 9.52. The minimum atomic E-state index is -0.233. The number of amides is 1. The first-order valence-electron chi connectivity index (χ1n) is 16.0. The van der Waals surface area contributed by atoms with E-state index >= 15 is 0 Å². The lowest BCUT2D eigenvalue weighted by Crippen LogP contribution is -2.57. The molecule has 0 radical (unpaired) electrons. The third-order valence-corrected chi connectivity index (χ3v) is 9.52. The Morgan fingerprint density at radius 3 is 2.67 bits per heavy atom. The molecule has 0 bridgehead atoms. The second-order valence-electron chi connectivity index (χ2n) is 12.8. The summed E-state index contributed by atoms with van der Waals surface area (Å²) in [6.07, 6.45) is 2.04. The Hall–Kier alpha value is -4.20. The normalized spacial score (nSPS) is 19.6. The number of likely N-dealkylation sites (tertiary alicyclic amines) is 1. The Bertz CT molecular complexity index is 1610. The number of hydrogen-bond donors (Lipinski definition) is 0. The number of rotatable bonds is 9. The van der Waals surface area contributed by atoms with Crippen LogP contribution in [0, 0.1) is 13.5 Å². The van der Waals surface area contributed by atoms with Crippen molar-refractivity contribution in [2.45, 2.75) is 45.0 Å². The van der Waals surface area contributed by atoms with E-state index in [1.54, 1.807) is 4.90 Å². The molecule has 3 aromatic rings. The SMILES string of the molecule is [C-]#[N+]C[C@H]1CN(c2nc(O[C@H](C)CN(C)C3CN(C)C3)nc3c2CCN(c2cccc4cccc(C)c24)C3)CCN1C(=O)C=C. The van der Waals surface area contributed by atoms with Crippen LogP contribution in [0.2, 0.25) is 0 Å². The maximum absolute atomic E-state index is 12.6. The topological polar surface area (TPSA) is 72.6 Å². The highest BCUT2D eigenvalue weighted by Crippen LogP contribution is 2.36. The Kier molecular flexibility index (Phi) is 8.92. The van der Waals surface area contributed by atoms with Gasteiger partial charge in [0, 0.05) is 68.5 Å². The number of piperazine rings is 1. The van der Waals surface area contributed by atoms with Gasteiger partial charge < -0.3 is 29.2 Å². The highest BCUT2D eigenvalue weighted by Gasteiger charge is 2.35. The molecule has 1 amide bonds. The summed E-state index contributed by atoms with van der Waals surface area (Å²) in [7, 11) is 4.30. The van der Waals surface area contributed by atoms with Crippen molar-refractivity contribution in [2.75, 3.05) is 76.3 Å². The zero-order valence-corrected chi connectivity index (χ0v) is 26.9. The van der Waals surface area contributed by atoms with Gasteiger partial charge in [0.2, 0.25) is 12.5 Å². The van der Waals surface area contributed by atoms with Gasteiger partial charge in [0.05, 0.1) is 12.2 Å². The van der Waals surface area contributed by atoms with E-state index in [2.05, 4.69) is 95.4 Å². The number of aromatic nitrogens is 2. The average molecular weight is 609 g/mol. The van der Waals surface area contributed by atoms with Crippen LogP contribution in [0.1, 0.15) is 23.7 Å². The summed E-state index contributed by atoms with van der Waals surface area (Å²) in [4.78, 5) is 37.4. The monoisotopic (exact) mass is 608 g/mol. The van der Waals surface area contributed by atoms with Gasteiger partial charge in [-0.05, 0) is 57.5 Å². The molecule has 0 spiro atoms. The number of nitrogens with zero attached hydrogens (tertiary/aromatic N) is 8. The van der Waals surface area contributed by atoms with Gasteiger partial charge in [0.1, 0.15) is 18.0 Å². The van der Waals surface area contributed by atoms with E-state index in [1.807, 2.05) is 0 Å². The smallest absolute Gasteiger partial charge is 0.318 e. The van der Waals surface area contributed by atoms with Crippen LogP contribution in [-0.2, 0) is 17.8 Å². The molecule has 2 atom stereocenters. The molecular formula is C35H44N8O2. The van der Waals surface area contributed by atoms with Crippen LogP contribution in [0.4, 0.5) is 11.5 Å². The van der Waals surface area contributed by atoms with Crippen LogP contribution in [0.15, 0.2) is 49.1 Å². The second kappa shape index (κ2) is 13.0. The van der Waals surface area contributed by atoms with E-state index in [0.29, 0.717) is 38.2 Å². The van der Waals surface area contributed by atoms with E-state index in [9.17, 15) is 4.79 Å². The summed E-state index contributed by atoms with van der Waals surface area (Å²) in [6.45, 7) is 21.8. The first-order chi connectivity index (χ1) is 21.7. The Morgan fingerprint density at radius 2 is 1.93 bits per heavy atom. The number of carbonyl (C=O) groups is 1. The number of likely N-dealkylation sites (N-methyl/N-ethyl adjacent to an activating group) is 2. The van der Waals surface area contributed by atoms with Crippen molar-refractivity contribution in [3.05, 3.63) is 77.3 Å². The molecule has 236 valence electrons. The van der Waals surface area contributed by atoms with Crippen LogP contribution in [0.25, 0.3) is 15.6 Å². The molecule has 0 unspecified atom stereocenters. The first kappa shape index (κ1) is 30.8. The molecule has 3 aliphatic heterocycles. The maximum atomic E-state index is 12.6. The van der Waals surface area contributed by atoms with E-state index < -0.39 is 0 Å². The van der Waals surface area contributed by atoms with Crippen LogP contribution < -0.4 is 14.5 Å². The molecule has 3 aliphatic rings. The fourth-order valence-corrected chi connectivity index (χ4v) is 7.11. The highest BCUT2D eigenvalue weighted by molar-refractivity contribution is 5.97. The Morgan fingerprint density at radius 1 is 1.16 bits per heavy atom. The van der Waals surface area contributed by atoms with Gasteiger partial charge in [-0.3, -0.25) is 9.69 Å². The number of carbonyl (C=O) groups excluding carboxylic acids is 1. The van der Waals surface area contributed by atoms with E-state index in [0.717, 1.165) is 49.7 Å². The summed E-state index contributed by atoms with van der Waals surface area (Å²) >= 11 is 0. The van der Waals surface area contributed by atoms with Gasteiger partial charge in [-0.25, -0.2) is 6.57 Å². The van der Waals surface area contributed by atoms with Crippen LogP contribution in [0.3, 0.4) is 0 Å². The van der Waals surface area contributed by atoms with Crippen LogP contribution in [0.5, 0.6) is 6.01 Å². The number of fused-ring (bicyclic) bond motifs is 2. The fraction of sp³-hybridized carbons (Fsp3) is 0.486. The first-order valence-corrected chi connectivity index (χ1v) is 16.0. The molecule has 0 aliphatic carbocycles. The minimum Gasteiger partial charge on any atom is -0.459 e. The van der Waals surface area contributed by atoms with Gasteiger partial charge in [-0.15, -0.1) is 0 Å². The van der Waals surface area contributed by atoms with Gasteiger partial charge >= 0.3 is 6.01 Å². The summed E-state index contributed by atoms with van der Waals surface area (Å²) in [5, 5.41) is 2.51. The van der Waals surface area contributed by atoms with Gasteiger partial charge in [0.25, 0.3) is 0 Å². The Balaban J connectivity index is 1.31. The zero-order valence-electron chi connectivity index (χ0n) is 26.9. The summed E-state index contributed by atoms with van der Waals surface area (Å²) < 4.78 is 6.46. The van der Waals surface area contributed by atoms with Crippen LogP contribution >= 0.6 is 0 Å². The molecule has 0 N–H and O–H groups in total. The number of ether oxygens (including phenoxy) is 1. The molecule has 2 fully saturated rings. The van der Waals surface area contributed by atoms with Crippen molar-refractivity contribution in [3.63, 3.8) is 0 Å². The third kappa shape index (κ3) is 6.33. The molecule has 45 heavy (non-hydrogen) atoms. The van der Waals surface area contributed by atoms with Crippen molar-refractivity contribution in [3.8, 4) is 6.01 Å². The van der Waals surface area contributed by atoms with Crippen molar-refractivity contribution < 1.29 is 9.53 Å². The largest absolute Gasteiger partial charge is 0.459 e. The van der Waals surface area contributed by atoms with Gasteiger partial charge in [-0.2, -0.15) is 9.97 Å². The van der Waals surface area contributed by atoms with Crippen LogP contribution in [-0.4, -0.2) is 115 Å². The standard InChI is InChI=1S/C35H44N8O2/c1-7-32(44)43-17-16-42(22-27(43)18-36-4)34-29-14-15-41(31-13-9-12-26-11-8-10-24(2)33(26)31)23-30(29)37-35(38-34)45-25(3)19-40(6)28-20-39(5)21-28/h7-13,25,27-28H,1,14-23H2,2-3,5-6H3/t25-,27+/m1/s1. The van der Waals surface area contributed by atoms with E-state index in [4.69, 9.17) is 21.3 Å². The molecule has 2 saturated heterocycles. The molecule has 10 nitrogen and oxygen atoms in total. The van der Waals surface area contributed by atoms with Crippen molar-refractivity contribution in [1.82, 2.24) is 24.7 Å². The molecule has 4 heterocycles. The van der Waals surface area contributed by atoms with Crippen molar-refractivity contribution in [2.24, 2.45) is 0 Å². The second-order valence-corrected chi connectivity index (χ2v) is 12.8. The number of anilines is 2. The maximum Gasteiger partial charge on any atom is 0.318 e. The van der Waals surface area contributed by atoms with Crippen molar-refractivity contribution in [1.29, 1.82) is 0 Å². The quantitative estimate of drug-likeness (QED) is 0.270. The van der Waals surface area contributed by atoms with E-state index in [1.165, 1.54) is 28.1 Å². The van der Waals surface area contributed by atoms with E-state index in [-0.39, 0.29) is 24.6 Å². The lowest BCUT2D eigenvalue weighted by molar-refractivity contribution is -0.128. The number of hydrogen-bond acceptors (Lipinski definition) is 8. The number of benzene rings is 2. The average Bonchev–Trinajstić information content (AvgIpc) is 3.02. The summed E-state index contributed by atoms with van der Waals surface area (Å²) in [5.41, 5.74) is 4.57. The molecule has 0 saturated carbocycles. The Labute approximate surface area is 266 Å². The zero-order chi connectivity index (χ0) is 31.7. The lowest BCUT2D eigenvalue weighted by Gasteiger charge is -2.42. The highest BCUT2D eigenvalue weighted by atomic mass is 16.5. The van der Waals surface area contributed by atoms with Gasteiger partial charge in [-0.1, -0.05) is 36.9 Å². The summed E-state index contributed by atoms with van der Waals surface area (Å²) in [6, 6.07) is 13.7. The van der Waals surface area contributed by atoms with Gasteiger partial charge in [0.15, 0.2) is 0 Å². The minimum absolute atomic E-state index is 0.0934. The fourth-order valence-electron chi connectivity index (χ4n) is 7.11. The van der Waals surface area contributed by atoms with Crippen molar-refractivity contribution >= 4 is 28.2 Å². The molecule has 10 heteroatoms. The number of aryl methyl sites for hydroxylation is 1. The molecule has 2 aromatic carbocycles. The predicted molar refractivity (Wildman–Crippen MR) is 179 cm³/mol. The molecule has 1 aromatic heterocycles. The predicted octanol–water partition coefficient (Wildman–Crippen LogP) is 3.64. The molecule has 6 rings (SSSR count).